The van der Waals surface area contributed by atoms with Crippen molar-refractivity contribution in [2.24, 2.45) is 0 Å². The van der Waals surface area contributed by atoms with Crippen LogP contribution in [0.3, 0.4) is 0 Å². The lowest BCUT2D eigenvalue weighted by atomic mass is 9.95. The van der Waals surface area contributed by atoms with Gasteiger partial charge in [0.25, 0.3) is 0 Å². The molecular formula is C18H13BrO. The highest BCUT2D eigenvalue weighted by molar-refractivity contribution is 9.10. The minimum absolute atomic E-state index is 0.284. The van der Waals surface area contributed by atoms with Gasteiger partial charge in [-0.1, -0.05) is 70.5 Å². The molecule has 98 valence electrons. The van der Waals surface area contributed by atoms with E-state index >= 15 is 0 Å². The molecular weight excluding hydrogens is 312 g/mol. The first-order valence-corrected chi connectivity index (χ1v) is 7.18. The zero-order valence-corrected chi connectivity index (χ0v) is 12.3. The van der Waals surface area contributed by atoms with Crippen molar-refractivity contribution in [2.75, 3.05) is 0 Å². The van der Waals surface area contributed by atoms with Crippen molar-refractivity contribution < 1.29 is 5.11 Å². The van der Waals surface area contributed by atoms with E-state index in [1.165, 1.54) is 5.56 Å². The third-order valence-corrected chi connectivity index (χ3v) is 3.96. The van der Waals surface area contributed by atoms with Crippen LogP contribution in [0.5, 0.6) is 5.75 Å². The van der Waals surface area contributed by atoms with E-state index in [1.807, 2.05) is 42.5 Å². The zero-order chi connectivity index (χ0) is 13.9. The Bertz CT molecular complexity index is 732. The minimum Gasteiger partial charge on any atom is -0.508 e. The summed E-state index contributed by atoms with van der Waals surface area (Å²) >= 11 is 3.61. The summed E-state index contributed by atoms with van der Waals surface area (Å²) in [6, 6.07) is 23.8. The second kappa shape index (κ2) is 5.51. The monoisotopic (exact) mass is 324 g/mol. The van der Waals surface area contributed by atoms with Gasteiger partial charge in [0.15, 0.2) is 0 Å². The zero-order valence-electron chi connectivity index (χ0n) is 10.8. The van der Waals surface area contributed by atoms with Gasteiger partial charge in [0.2, 0.25) is 0 Å². The highest BCUT2D eigenvalue weighted by Crippen LogP contribution is 2.36. The molecule has 0 unspecified atom stereocenters. The average Bonchev–Trinajstić information content (AvgIpc) is 2.49. The molecule has 0 amide bonds. The number of rotatable bonds is 2. The van der Waals surface area contributed by atoms with Gasteiger partial charge in [-0.3, -0.25) is 0 Å². The van der Waals surface area contributed by atoms with Crippen LogP contribution in [-0.4, -0.2) is 5.11 Å². The average molecular weight is 325 g/mol. The molecule has 0 atom stereocenters. The molecule has 0 fully saturated rings. The lowest BCUT2D eigenvalue weighted by Gasteiger charge is -2.11. The predicted molar refractivity (Wildman–Crippen MR) is 86.7 cm³/mol. The normalized spacial score (nSPS) is 10.4. The molecule has 3 aromatic carbocycles. The molecule has 0 aromatic heterocycles. The number of hydrogen-bond acceptors (Lipinski definition) is 1. The van der Waals surface area contributed by atoms with Gasteiger partial charge in [-0.05, 0) is 40.5 Å². The van der Waals surface area contributed by atoms with E-state index in [0.29, 0.717) is 0 Å². The Kier molecular flexibility index (Phi) is 3.57. The Morgan fingerprint density at radius 2 is 1.15 bits per heavy atom. The van der Waals surface area contributed by atoms with Crippen molar-refractivity contribution in [1.29, 1.82) is 0 Å². The van der Waals surface area contributed by atoms with Crippen molar-refractivity contribution in [3.63, 3.8) is 0 Å². The number of halogens is 1. The van der Waals surface area contributed by atoms with Gasteiger partial charge in [0.05, 0.1) is 0 Å². The Labute approximate surface area is 126 Å². The van der Waals surface area contributed by atoms with Crippen LogP contribution in [0.2, 0.25) is 0 Å². The van der Waals surface area contributed by atoms with E-state index in [9.17, 15) is 5.11 Å². The number of hydrogen-bond donors (Lipinski definition) is 1. The molecule has 0 heterocycles. The summed E-state index contributed by atoms with van der Waals surface area (Å²) in [6.07, 6.45) is 0. The Hall–Kier alpha value is -2.06. The molecule has 0 aliphatic heterocycles. The van der Waals surface area contributed by atoms with E-state index in [4.69, 9.17) is 0 Å². The summed E-state index contributed by atoms with van der Waals surface area (Å²) in [6.45, 7) is 0. The topological polar surface area (TPSA) is 20.2 Å². The largest absolute Gasteiger partial charge is 0.508 e. The first-order valence-electron chi connectivity index (χ1n) is 6.39. The standard InChI is InChI=1S/C18H13BrO/c19-18-8-4-3-7-17(18)16-6-2-1-5-15(16)13-9-11-14(20)12-10-13/h1-12,20H. The van der Waals surface area contributed by atoms with E-state index in [2.05, 4.69) is 34.1 Å². The Morgan fingerprint density at radius 3 is 1.80 bits per heavy atom. The molecule has 3 rings (SSSR count). The van der Waals surface area contributed by atoms with Gasteiger partial charge < -0.3 is 5.11 Å². The fourth-order valence-electron chi connectivity index (χ4n) is 2.29. The first kappa shape index (κ1) is 12.9. The molecule has 0 radical (unpaired) electrons. The molecule has 0 aliphatic carbocycles. The molecule has 1 nitrogen and oxygen atoms in total. The Morgan fingerprint density at radius 1 is 0.600 bits per heavy atom. The molecule has 0 aliphatic rings. The fraction of sp³-hybridized carbons (Fsp3) is 0. The summed E-state index contributed by atoms with van der Waals surface area (Å²) in [5.41, 5.74) is 4.58. The maximum Gasteiger partial charge on any atom is 0.115 e. The lowest BCUT2D eigenvalue weighted by molar-refractivity contribution is 0.475. The molecule has 0 spiro atoms. The molecule has 3 aromatic rings. The van der Waals surface area contributed by atoms with Crippen molar-refractivity contribution in [1.82, 2.24) is 0 Å². The molecule has 0 saturated carbocycles. The highest BCUT2D eigenvalue weighted by atomic mass is 79.9. The summed E-state index contributed by atoms with van der Waals surface area (Å²) in [7, 11) is 0. The number of aromatic hydroxyl groups is 1. The first-order chi connectivity index (χ1) is 9.75. The second-order valence-corrected chi connectivity index (χ2v) is 5.43. The van der Waals surface area contributed by atoms with Crippen LogP contribution in [0.1, 0.15) is 0 Å². The van der Waals surface area contributed by atoms with Crippen LogP contribution in [0.4, 0.5) is 0 Å². The van der Waals surface area contributed by atoms with E-state index in [1.54, 1.807) is 12.1 Å². The summed E-state index contributed by atoms with van der Waals surface area (Å²) in [5, 5.41) is 9.43. The van der Waals surface area contributed by atoms with Crippen LogP contribution in [-0.2, 0) is 0 Å². The lowest BCUT2D eigenvalue weighted by Crippen LogP contribution is -1.85. The molecule has 0 bridgehead atoms. The summed E-state index contributed by atoms with van der Waals surface area (Å²) < 4.78 is 1.08. The fourth-order valence-corrected chi connectivity index (χ4v) is 2.79. The van der Waals surface area contributed by atoms with Crippen LogP contribution < -0.4 is 0 Å². The van der Waals surface area contributed by atoms with Crippen molar-refractivity contribution >= 4 is 15.9 Å². The predicted octanol–water partition coefficient (Wildman–Crippen LogP) is 5.49. The summed E-state index contributed by atoms with van der Waals surface area (Å²) in [4.78, 5) is 0. The number of phenolic OH excluding ortho intramolecular Hbond substituents is 1. The van der Waals surface area contributed by atoms with Gasteiger partial charge in [0.1, 0.15) is 5.75 Å². The Balaban J connectivity index is 2.19. The van der Waals surface area contributed by atoms with E-state index < -0.39 is 0 Å². The van der Waals surface area contributed by atoms with E-state index in [-0.39, 0.29) is 5.75 Å². The second-order valence-electron chi connectivity index (χ2n) is 4.57. The minimum atomic E-state index is 0.284. The smallest absolute Gasteiger partial charge is 0.115 e. The maximum absolute atomic E-state index is 9.43. The highest BCUT2D eigenvalue weighted by Gasteiger charge is 2.09. The van der Waals surface area contributed by atoms with Gasteiger partial charge in [-0.2, -0.15) is 0 Å². The van der Waals surface area contributed by atoms with Crippen molar-refractivity contribution in [2.45, 2.75) is 0 Å². The van der Waals surface area contributed by atoms with Crippen LogP contribution in [0.25, 0.3) is 22.3 Å². The van der Waals surface area contributed by atoms with Gasteiger partial charge >= 0.3 is 0 Å². The third-order valence-electron chi connectivity index (χ3n) is 3.27. The maximum atomic E-state index is 9.43. The summed E-state index contributed by atoms with van der Waals surface area (Å²) in [5.74, 6) is 0.284. The quantitative estimate of drug-likeness (QED) is 0.661. The third kappa shape index (κ3) is 2.47. The van der Waals surface area contributed by atoms with Gasteiger partial charge in [0, 0.05) is 4.47 Å². The van der Waals surface area contributed by atoms with Gasteiger partial charge in [-0.15, -0.1) is 0 Å². The van der Waals surface area contributed by atoms with Crippen molar-refractivity contribution in [3.8, 4) is 28.0 Å². The molecule has 0 saturated heterocycles. The van der Waals surface area contributed by atoms with Crippen LogP contribution in [0, 0.1) is 0 Å². The van der Waals surface area contributed by atoms with Crippen LogP contribution >= 0.6 is 15.9 Å². The van der Waals surface area contributed by atoms with Crippen LogP contribution in [0.15, 0.2) is 77.3 Å². The van der Waals surface area contributed by atoms with Crippen molar-refractivity contribution in [3.05, 3.63) is 77.3 Å². The van der Waals surface area contributed by atoms with E-state index in [0.717, 1.165) is 21.2 Å². The number of benzene rings is 3. The molecule has 2 heteroatoms. The molecule has 1 N–H and O–H groups in total. The van der Waals surface area contributed by atoms with Gasteiger partial charge in [-0.25, -0.2) is 0 Å². The SMILES string of the molecule is Oc1ccc(-c2ccccc2-c2ccccc2Br)cc1. The molecule has 20 heavy (non-hydrogen) atoms. The number of phenols is 1.